The molecule has 0 radical (unpaired) electrons. The van der Waals surface area contributed by atoms with Gasteiger partial charge in [0.1, 0.15) is 5.00 Å². The van der Waals surface area contributed by atoms with Crippen molar-refractivity contribution in [2.75, 3.05) is 18.4 Å². The summed E-state index contributed by atoms with van der Waals surface area (Å²) < 4.78 is 5.36. The van der Waals surface area contributed by atoms with E-state index in [0.29, 0.717) is 16.3 Å². The molecule has 1 aromatic carbocycles. The number of anilines is 1. The van der Waals surface area contributed by atoms with Crippen molar-refractivity contribution < 1.29 is 14.1 Å². The Bertz CT molecular complexity index is 1310. The second kappa shape index (κ2) is 9.61. The van der Waals surface area contributed by atoms with Crippen molar-refractivity contribution in [1.82, 2.24) is 15.0 Å². The van der Waals surface area contributed by atoms with E-state index in [1.54, 1.807) is 24.5 Å². The molecule has 4 heterocycles. The number of nitrogens with one attached hydrogen (secondary N) is 1. The van der Waals surface area contributed by atoms with Gasteiger partial charge in [-0.2, -0.15) is 0 Å². The Hall–Kier alpha value is -3.78. The molecule has 1 fully saturated rings. The van der Waals surface area contributed by atoms with Gasteiger partial charge in [0.25, 0.3) is 11.8 Å². The van der Waals surface area contributed by atoms with Crippen LogP contribution in [0.3, 0.4) is 0 Å². The topological polar surface area (TPSA) is 88.3 Å². The number of rotatable bonds is 5. The zero-order valence-electron chi connectivity index (χ0n) is 18.8. The Morgan fingerprint density at radius 2 is 1.79 bits per heavy atom. The van der Waals surface area contributed by atoms with Crippen LogP contribution in [0.25, 0.3) is 21.8 Å². The highest BCUT2D eigenvalue weighted by atomic mass is 32.1. The number of piperidine rings is 1. The summed E-state index contributed by atoms with van der Waals surface area (Å²) in [4.78, 5) is 33.6. The van der Waals surface area contributed by atoms with Crippen molar-refractivity contribution in [2.24, 2.45) is 0 Å². The van der Waals surface area contributed by atoms with E-state index < -0.39 is 5.91 Å². The Morgan fingerprint density at radius 1 is 1.03 bits per heavy atom. The molecule has 0 saturated carbocycles. The highest BCUT2D eigenvalue weighted by Crippen LogP contribution is 2.41. The molecule has 7 nitrogen and oxygen atoms in total. The van der Waals surface area contributed by atoms with E-state index in [2.05, 4.69) is 15.5 Å². The fourth-order valence-electron chi connectivity index (χ4n) is 4.17. The van der Waals surface area contributed by atoms with Gasteiger partial charge in [-0.15, -0.1) is 11.3 Å². The van der Waals surface area contributed by atoms with Gasteiger partial charge in [-0.25, -0.2) is 0 Å². The lowest BCUT2D eigenvalue weighted by Gasteiger charge is -2.27. The molecule has 8 heteroatoms. The molecule has 4 aromatic rings. The van der Waals surface area contributed by atoms with E-state index in [0.717, 1.165) is 53.9 Å². The summed E-state index contributed by atoms with van der Waals surface area (Å²) >= 11 is 1.41. The lowest BCUT2D eigenvalue weighted by molar-refractivity contribution is 0.0725. The second-order valence-electron chi connectivity index (χ2n) is 8.25. The van der Waals surface area contributed by atoms with Crippen molar-refractivity contribution in [1.29, 1.82) is 0 Å². The van der Waals surface area contributed by atoms with Crippen LogP contribution in [0, 0.1) is 6.92 Å². The largest absolute Gasteiger partial charge is 0.355 e. The maximum absolute atomic E-state index is 13.5. The summed E-state index contributed by atoms with van der Waals surface area (Å²) in [6.07, 6.45) is 6.44. The highest BCUT2D eigenvalue weighted by molar-refractivity contribution is 7.20. The average Bonchev–Trinajstić information content (AvgIpc) is 3.50. The second-order valence-corrected chi connectivity index (χ2v) is 9.27. The fourth-order valence-corrected chi connectivity index (χ4v) is 5.37. The number of nitrogens with zero attached hydrogens (tertiary/aromatic N) is 3. The van der Waals surface area contributed by atoms with E-state index in [9.17, 15) is 9.59 Å². The van der Waals surface area contributed by atoms with Crippen LogP contribution < -0.4 is 5.32 Å². The predicted octanol–water partition coefficient (Wildman–Crippen LogP) is 5.65. The van der Waals surface area contributed by atoms with Gasteiger partial charge in [-0.05, 0) is 49.4 Å². The van der Waals surface area contributed by atoms with E-state index in [-0.39, 0.29) is 11.6 Å². The van der Waals surface area contributed by atoms with Gasteiger partial charge < -0.3 is 14.7 Å². The molecule has 1 aliphatic rings. The van der Waals surface area contributed by atoms with Gasteiger partial charge in [0, 0.05) is 42.0 Å². The molecule has 0 aliphatic carbocycles. The SMILES string of the molecule is Cc1c(-c2ccccc2)sc(NC(=O)c2cc(-c3cccnc3)on2)c1C(=O)N1CCCCC1. The van der Waals surface area contributed by atoms with E-state index in [4.69, 9.17) is 4.52 Å². The van der Waals surface area contributed by atoms with Gasteiger partial charge in [-0.3, -0.25) is 14.6 Å². The van der Waals surface area contributed by atoms with Crippen LogP contribution in [-0.4, -0.2) is 39.9 Å². The van der Waals surface area contributed by atoms with E-state index in [1.165, 1.54) is 11.3 Å². The summed E-state index contributed by atoms with van der Waals surface area (Å²) in [6, 6.07) is 15.1. The van der Waals surface area contributed by atoms with Crippen LogP contribution in [-0.2, 0) is 0 Å². The van der Waals surface area contributed by atoms with Crippen LogP contribution in [0.4, 0.5) is 5.00 Å². The standard InChI is InChI=1S/C26H24N4O3S/c1-17-22(26(32)30-13-6-3-7-14-30)25(34-23(17)18-9-4-2-5-10-18)28-24(31)20-15-21(33-29-20)19-11-8-12-27-16-19/h2,4-5,8-12,15-16H,3,6-7,13-14H2,1H3,(H,28,31). The molecular weight excluding hydrogens is 448 g/mol. The average molecular weight is 473 g/mol. The van der Waals surface area contributed by atoms with Crippen LogP contribution in [0.1, 0.15) is 45.7 Å². The normalized spacial score (nSPS) is 13.6. The van der Waals surface area contributed by atoms with Crippen LogP contribution in [0.5, 0.6) is 0 Å². The minimum Gasteiger partial charge on any atom is -0.355 e. The highest BCUT2D eigenvalue weighted by Gasteiger charge is 2.28. The van der Waals surface area contributed by atoms with Crippen molar-refractivity contribution in [2.45, 2.75) is 26.2 Å². The third kappa shape index (κ3) is 4.36. The van der Waals surface area contributed by atoms with Gasteiger partial charge in [0.05, 0.1) is 5.56 Å². The number of pyridine rings is 1. The molecule has 0 atom stereocenters. The first-order valence-electron chi connectivity index (χ1n) is 11.3. The number of likely N-dealkylation sites (tertiary alicyclic amines) is 1. The Balaban J connectivity index is 1.48. The molecule has 0 spiro atoms. The fraction of sp³-hybridized carbons (Fsp3) is 0.231. The molecular formula is C26H24N4O3S. The summed E-state index contributed by atoms with van der Waals surface area (Å²) in [6.45, 7) is 3.42. The number of hydrogen-bond acceptors (Lipinski definition) is 6. The van der Waals surface area contributed by atoms with Gasteiger partial charge >= 0.3 is 0 Å². The maximum Gasteiger partial charge on any atom is 0.278 e. The Labute approximate surface area is 201 Å². The number of benzene rings is 1. The molecule has 2 amide bonds. The summed E-state index contributed by atoms with van der Waals surface area (Å²) in [5.74, 6) is -0.00946. The number of thiophene rings is 1. The van der Waals surface area contributed by atoms with Crippen molar-refractivity contribution in [3.8, 4) is 21.8 Å². The lowest BCUT2D eigenvalue weighted by Crippen LogP contribution is -2.36. The third-order valence-corrected chi connectivity index (χ3v) is 7.21. The summed E-state index contributed by atoms with van der Waals surface area (Å²) in [7, 11) is 0. The lowest BCUT2D eigenvalue weighted by atomic mass is 10.0. The minimum absolute atomic E-state index is 0.0397. The molecule has 1 saturated heterocycles. The Kier molecular flexibility index (Phi) is 6.22. The molecule has 172 valence electrons. The number of hydrogen-bond donors (Lipinski definition) is 1. The maximum atomic E-state index is 13.5. The molecule has 34 heavy (non-hydrogen) atoms. The monoisotopic (exact) mass is 472 g/mol. The molecule has 3 aromatic heterocycles. The van der Waals surface area contributed by atoms with E-state index in [1.807, 2.05) is 48.2 Å². The van der Waals surface area contributed by atoms with Crippen molar-refractivity contribution in [3.05, 3.63) is 77.7 Å². The Morgan fingerprint density at radius 3 is 2.53 bits per heavy atom. The molecule has 5 rings (SSSR count). The molecule has 0 bridgehead atoms. The van der Waals surface area contributed by atoms with Crippen molar-refractivity contribution in [3.63, 3.8) is 0 Å². The van der Waals surface area contributed by atoms with Gasteiger partial charge in [0.15, 0.2) is 11.5 Å². The molecule has 0 unspecified atom stereocenters. The van der Waals surface area contributed by atoms with Crippen LogP contribution >= 0.6 is 11.3 Å². The number of carbonyl (C=O) groups is 2. The zero-order chi connectivity index (χ0) is 23.5. The minimum atomic E-state index is -0.424. The number of aromatic nitrogens is 2. The molecule has 1 aliphatic heterocycles. The first kappa shape index (κ1) is 22.0. The summed E-state index contributed by atoms with van der Waals surface area (Å²) in [5.41, 5.74) is 3.31. The van der Waals surface area contributed by atoms with E-state index >= 15 is 0 Å². The third-order valence-electron chi connectivity index (χ3n) is 5.96. The quantitative estimate of drug-likeness (QED) is 0.405. The predicted molar refractivity (Wildman–Crippen MR) is 132 cm³/mol. The number of carbonyl (C=O) groups excluding carboxylic acids is 2. The smallest absolute Gasteiger partial charge is 0.278 e. The van der Waals surface area contributed by atoms with Crippen LogP contribution in [0.15, 0.2) is 65.4 Å². The van der Waals surface area contributed by atoms with Crippen molar-refractivity contribution >= 4 is 28.2 Å². The van der Waals surface area contributed by atoms with Gasteiger partial charge in [-0.1, -0.05) is 35.5 Å². The number of amides is 2. The first-order chi connectivity index (χ1) is 16.6. The molecule has 1 N–H and O–H groups in total. The summed E-state index contributed by atoms with van der Waals surface area (Å²) in [5, 5.41) is 7.40. The van der Waals surface area contributed by atoms with Gasteiger partial charge in [0.2, 0.25) is 0 Å². The van der Waals surface area contributed by atoms with Crippen LogP contribution in [0.2, 0.25) is 0 Å². The zero-order valence-corrected chi connectivity index (χ0v) is 19.6. The first-order valence-corrected chi connectivity index (χ1v) is 12.1.